The summed E-state index contributed by atoms with van der Waals surface area (Å²) in [6, 6.07) is 5.76. The molecule has 0 aliphatic heterocycles. The van der Waals surface area contributed by atoms with Crippen LogP contribution in [0.1, 0.15) is 21.5 Å². The molecule has 2 aromatic rings. The molecular formula is C17H15F4N3O3. The maximum Gasteiger partial charge on any atom is 0.416 e. The lowest BCUT2D eigenvalue weighted by Gasteiger charge is -2.18. The summed E-state index contributed by atoms with van der Waals surface area (Å²) in [7, 11) is 3.22. The fourth-order valence-electron chi connectivity index (χ4n) is 2.45. The first-order chi connectivity index (χ1) is 12.5. The topological polar surface area (TPSA) is 75.5 Å². The standard InChI is InChI=1S/C17H15F4N3O3/c1-23(2)15-6-5-12(24(26)27)8-13(15)16(25)22-9-10-3-4-11(18)7-14(10)17(19,20)21/h3-8H,9H2,1-2H3,(H,22,25). The molecule has 0 spiro atoms. The minimum Gasteiger partial charge on any atom is -0.377 e. The number of anilines is 1. The summed E-state index contributed by atoms with van der Waals surface area (Å²) in [5, 5.41) is 13.2. The third kappa shape index (κ3) is 4.72. The number of nitro groups is 1. The molecule has 0 unspecified atom stereocenters. The van der Waals surface area contributed by atoms with Crippen LogP contribution in [0.2, 0.25) is 0 Å². The van der Waals surface area contributed by atoms with Crippen LogP contribution < -0.4 is 10.2 Å². The Bertz CT molecular complexity index is 882. The highest BCUT2D eigenvalue weighted by Gasteiger charge is 2.33. The number of hydrogen-bond donors (Lipinski definition) is 1. The Morgan fingerprint density at radius 2 is 1.85 bits per heavy atom. The molecule has 144 valence electrons. The molecule has 1 amide bonds. The van der Waals surface area contributed by atoms with Crippen LogP contribution in [0.5, 0.6) is 0 Å². The lowest BCUT2D eigenvalue weighted by Crippen LogP contribution is -2.26. The zero-order valence-corrected chi connectivity index (χ0v) is 14.3. The minimum absolute atomic E-state index is 0.0649. The maximum atomic E-state index is 13.1. The van der Waals surface area contributed by atoms with Crippen molar-refractivity contribution in [1.82, 2.24) is 5.32 Å². The molecule has 2 aromatic carbocycles. The summed E-state index contributed by atoms with van der Waals surface area (Å²) in [6.07, 6.45) is -4.79. The third-order valence-electron chi connectivity index (χ3n) is 3.73. The van der Waals surface area contributed by atoms with Gasteiger partial charge >= 0.3 is 6.18 Å². The van der Waals surface area contributed by atoms with Crippen LogP contribution in [0.3, 0.4) is 0 Å². The van der Waals surface area contributed by atoms with Gasteiger partial charge in [-0.25, -0.2) is 4.39 Å². The molecule has 0 radical (unpaired) electrons. The maximum absolute atomic E-state index is 13.1. The monoisotopic (exact) mass is 385 g/mol. The first-order valence-corrected chi connectivity index (χ1v) is 7.60. The Morgan fingerprint density at radius 1 is 1.19 bits per heavy atom. The van der Waals surface area contributed by atoms with Crippen molar-refractivity contribution >= 4 is 17.3 Å². The highest BCUT2D eigenvalue weighted by molar-refractivity contribution is 6.00. The average Bonchev–Trinajstić information content (AvgIpc) is 2.58. The molecule has 0 atom stereocenters. The van der Waals surface area contributed by atoms with Crippen LogP contribution in [0, 0.1) is 15.9 Å². The van der Waals surface area contributed by atoms with Crippen LogP contribution in [-0.2, 0) is 12.7 Å². The zero-order valence-electron chi connectivity index (χ0n) is 14.3. The van der Waals surface area contributed by atoms with E-state index in [0.29, 0.717) is 11.8 Å². The van der Waals surface area contributed by atoms with Crippen molar-refractivity contribution in [3.63, 3.8) is 0 Å². The Morgan fingerprint density at radius 3 is 2.41 bits per heavy atom. The van der Waals surface area contributed by atoms with Gasteiger partial charge in [0.15, 0.2) is 0 Å². The predicted octanol–water partition coefficient (Wildman–Crippen LogP) is 3.75. The van der Waals surface area contributed by atoms with Gasteiger partial charge in [0.25, 0.3) is 11.6 Å². The fourth-order valence-corrected chi connectivity index (χ4v) is 2.45. The molecule has 0 aliphatic carbocycles. The predicted molar refractivity (Wildman–Crippen MR) is 90.0 cm³/mol. The molecule has 1 N–H and O–H groups in total. The molecule has 0 saturated carbocycles. The van der Waals surface area contributed by atoms with Gasteiger partial charge in [-0.3, -0.25) is 14.9 Å². The van der Waals surface area contributed by atoms with Crippen LogP contribution in [0.4, 0.5) is 28.9 Å². The van der Waals surface area contributed by atoms with Crippen LogP contribution in [0.15, 0.2) is 36.4 Å². The van der Waals surface area contributed by atoms with Crippen molar-refractivity contribution < 1.29 is 27.3 Å². The van der Waals surface area contributed by atoms with E-state index in [0.717, 1.165) is 18.2 Å². The van der Waals surface area contributed by atoms with Crippen molar-refractivity contribution in [2.24, 2.45) is 0 Å². The summed E-state index contributed by atoms with van der Waals surface area (Å²) < 4.78 is 52.2. The highest BCUT2D eigenvalue weighted by Crippen LogP contribution is 2.32. The number of non-ortho nitro benzene ring substituents is 1. The third-order valence-corrected chi connectivity index (χ3v) is 3.73. The Balaban J connectivity index is 2.32. The van der Waals surface area contributed by atoms with Gasteiger partial charge in [0.2, 0.25) is 0 Å². The van der Waals surface area contributed by atoms with Crippen molar-refractivity contribution in [2.45, 2.75) is 12.7 Å². The number of amides is 1. The summed E-state index contributed by atoms with van der Waals surface area (Å²) in [6.45, 7) is -0.524. The van der Waals surface area contributed by atoms with Gasteiger partial charge in [-0.15, -0.1) is 0 Å². The molecule has 10 heteroatoms. The SMILES string of the molecule is CN(C)c1ccc([N+](=O)[O-])cc1C(=O)NCc1ccc(F)cc1C(F)(F)F. The average molecular weight is 385 g/mol. The number of benzene rings is 2. The number of nitro benzene ring substituents is 1. The van der Waals surface area contributed by atoms with Gasteiger partial charge in [-0.05, 0) is 23.8 Å². The summed E-state index contributed by atoms with van der Waals surface area (Å²) in [5.74, 6) is -1.84. The normalized spacial score (nSPS) is 11.2. The van der Waals surface area contributed by atoms with Crippen molar-refractivity contribution in [1.29, 1.82) is 0 Å². The van der Waals surface area contributed by atoms with Gasteiger partial charge in [-0.1, -0.05) is 6.07 Å². The fraction of sp³-hybridized carbons (Fsp3) is 0.235. The Hall–Kier alpha value is -3.17. The second-order valence-corrected chi connectivity index (χ2v) is 5.83. The number of nitrogens with one attached hydrogen (secondary N) is 1. The van der Waals surface area contributed by atoms with E-state index >= 15 is 0 Å². The smallest absolute Gasteiger partial charge is 0.377 e. The Labute approximate surface area is 151 Å². The van der Waals surface area contributed by atoms with Crippen LogP contribution in [0.25, 0.3) is 0 Å². The van der Waals surface area contributed by atoms with E-state index in [9.17, 15) is 32.5 Å². The number of nitrogens with zero attached hydrogens (tertiary/aromatic N) is 2. The number of carbonyl (C=O) groups is 1. The van der Waals surface area contributed by atoms with Crippen LogP contribution in [-0.4, -0.2) is 24.9 Å². The molecule has 6 nitrogen and oxygen atoms in total. The van der Waals surface area contributed by atoms with Crippen molar-refractivity contribution in [2.75, 3.05) is 19.0 Å². The molecule has 0 aromatic heterocycles. The van der Waals surface area contributed by atoms with Gasteiger partial charge in [0, 0.05) is 38.5 Å². The quantitative estimate of drug-likeness (QED) is 0.483. The Kier molecular flexibility index (Phi) is 5.67. The first-order valence-electron chi connectivity index (χ1n) is 7.60. The molecule has 2 rings (SSSR count). The molecule has 0 aliphatic rings. The van der Waals surface area contributed by atoms with Crippen LogP contribution >= 0.6 is 0 Å². The zero-order chi connectivity index (χ0) is 20.4. The second-order valence-electron chi connectivity index (χ2n) is 5.83. The second kappa shape index (κ2) is 7.60. The van der Waals surface area contributed by atoms with E-state index in [2.05, 4.69) is 5.32 Å². The molecule has 0 heterocycles. The highest BCUT2D eigenvalue weighted by atomic mass is 19.4. The van der Waals surface area contributed by atoms with Gasteiger partial charge in [-0.2, -0.15) is 13.2 Å². The number of hydrogen-bond acceptors (Lipinski definition) is 4. The van der Waals surface area contributed by atoms with E-state index in [4.69, 9.17) is 0 Å². The van der Waals surface area contributed by atoms with Crippen molar-refractivity contribution in [3.05, 3.63) is 69.0 Å². The number of alkyl halides is 3. The minimum atomic E-state index is -4.79. The molecule has 0 fully saturated rings. The number of carbonyl (C=O) groups excluding carboxylic acids is 1. The molecular weight excluding hydrogens is 370 g/mol. The summed E-state index contributed by atoms with van der Waals surface area (Å²) >= 11 is 0. The van der Waals surface area contributed by atoms with Gasteiger partial charge in [0.1, 0.15) is 5.82 Å². The summed E-state index contributed by atoms with van der Waals surface area (Å²) in [5.41, 5.74) is -1.56. The first kappa shape index (κ1) is 20.1. The van der Waals surface area contributed by atoms with E-state index in [1.807, 2.05) is 0 Å². The van der Waals surface area contributed by atoms with E-state index in [1.54, 1.807) is 14.1 Å². The molecule has 27 heavy (non-hydrogen) atoms. The largest absolute Gasteiger partial charge is 0.416 e. The lowest BCUT2D eigenvalue weighted by molar-refractivity contribution is -0.384. The summed E-state index contributed by atoms with van der Waals surface area (Å²) in [4.78, 5) is 24.2. The van der Waals surface area contributed by atoms with Gasteiger partial charge in [0.05, 0.1) is 16.1 Å². The number of halogens is 4. The number of rotatable bonds is 5. The lowest BCUT2D eigenvalue weighted by atomic mass is 10.1. The van der Waals surface area contributed by atoms with Gasteiger partial charge < -0.3 is 10.2 Å². The molecule has 0 saturated heterocycles. The van der Waals surface area contributed by atoms with E-state index < -0.39 is 34.9 Å². The van der Waals surface area contributed by atoms with E-state index in [-0.39, 0.29) is 16.8 Å². The molecule has 0 bridgehead atoms. The van der Waals surface area contributed by atoms with Crippen molar-refractivity contribution in [3.8, 4) is 0 Å². The van der Waals surface area contributed by atoms with E-state index in [1.165, 1.54) is 17.0 Å².